The van der Waals surface area contributed by atoms with E-state index in [1.54, 1.807) is 6.08 Å². The standard InChI is InChI=1S/C18H20N2S/c1-3-14-19-18(21)20(2)17(15-10-6-4-7-11-15)16-12-8-5-9-13-16/h3-13,17H,1,14H2,2H3,(H,19,21). The lowest BCUT2D eigenvalue weighted by molar-refractivity contribution is 0.422. The summed E-state index contributed by atoms with van der Waals surface area (Å²) >= 11 is 5.49. The molecule has 0 saturated heterocycles. The van der Waals surface area contributed by atoms with E-state index in [9.17, 15) is 0 Å². The predicted molar refractivity (Wildman–Crippen MR) is 93.3 cm³/mol. The van der Waals surface area contributed by atoms with Crippen LogP contribution in [0.5, 0.6) is 0 Å². The third kappa shape index (κ3) is 3.92. The van der Waals surface area contributed by atoms with E-state index in [0.29, 0.717) is 11.7 Å². The first-order valence-electron chi connectivity index (χ1n) is 6.95. The van der Waals surface area contributed by atoms with E-state index in [2.05, 4.69) is 65.3 Å². The van der Waals surface area contributed by atoms with E-state index in [1.165, 1.54) is 11.1 Å². The number of nitrogens with zero attached hydrogens (tertiary/aromatic N) is 1. The second kappa shape index (κ2) is 7.60. The Morgan fingerprint density at radius 3 is 2.00 bits per heavy atom. The molecule has 0 radical (unpaired) electrons. The topological polar surface area (TPSA) is 15.3 Å². The molecule has 108 valence electrons. The van der Waals surface area contributed by atoms with Gasteiger partial charge in [0, 0.05) is 13.6 Å². The van der Waals surface area contributed by atoms with Crippen molar-refractivity contribution in [2.75, 3.05) is 13.6 Å². The van der Waals surface area contributed by atoms with Gasteiger partial charge in [0.25, 0.3) is 0 Å². The van der Waals surface area contributed by atoms with E-state index < -0.39 is 0 Å². The molecule has 0 unspecified atom stereocenters. The van der Waals surface area contributed by atoms with E-state index >= 15 is 0 Å². The van der Waals surface area contributed by atoms with Gasteiger partial charge in [-0.05, 0) is 23.3 Å². The van der Waals surface area contributed by atoms with E-state index in [4.69, 9.17) is 12.2 Å². The van der Waals surface area contributed by atoms with Crippen molar-refractivity contribution in [1.82, 2.24) is 10.2 Å². The van der Waals surface area contributed by atoms with Crippen molar-refractivity contribution in [1.29, 1.82) is 0 Å². The fourth-order valence-electron chi connectivity index (χ4n) is 2.31. The summed E-state index contributed by atoms with van der Waals surface area (Å²) in [6.07, 6.45) is 1.81. The molecule has 21 heavy (non-hydrogen) atoms. The molecule has 0 saturated carbocycles. The first kappa shape index (κ1) is 15.3. The fourth-order valence-corrected chi connectivity index (χ4v) is 2.50. The van der Waals surface area contributed by atoms with Gasteiger partial charge >= 0.3 is 0 Å². The summed E-state index contributed by atoms with van der Waals surface area (Å²) in [7, 11) is 2.02. The Labute approximate surface area is 132 Å². The monoisotopic (exact) mass is 296 g/mol. The Morgan fingerprint density at radius 2 is 1.57 bits per heavy atom. The Balaban J connectivity index is 2.33. The number of thiocarbonyl (C=S) groups is 1. The lowest BCUT2D eigenvalue weighted by atomic mass is 9.98. The molecule has 0 aromatic heterocycles. The quantitative estimate of drug-likeness (QED) is 0.668. The van der Waals surface area contributed by atoms with Crippen LogP contribution in [0.1, 0.15) is 17.2 Å². The first-order valence-corrected chi connectivity index (χ1v) is 7.36. The summed E-state index contributed by atoms with van der Waals surface area (Å²) in [6.45, 7) is 4.38. The number of rotatable bonds is 5. The van der Waals surface area contributed by atoms with Crippen LogP contribution in [-0.4, -0.2) is 23.6 Å². The molecule has 2 aromatic carbocycles. The van der Waals surface area contributed by atoms with Crippen LogP contribution in [0.15, 0.2) is 73.3 Å². The van der Waals surface area contributed by atoms with Gasteiger partial charge in [-0.3, -0.25) is 0 Å². The SMILES string of the molecule is C=CCNC(=S)N(C)C(c1ccccc1)c1ccccc1. The zero-order valence-corrected chi connectivity index (χ0v) is 13.0. The minimum Gasteiger partial charge on any atom is -0.359 e. The van der Waals surface area contributed by atoms with Crippen LogP contribution in [0.25, 0.3) is 0 Å². The van der Waals surface area contributed by atoms with Gasteiger partial charge in [0.2, 0.25) is 0 Å². The lowest BCUT2D eigenvalue weighted by Gasteiger charge is -2.31. The minimum atomic E-state index is 0.0946. The van der Waals surface area contributed by atoms with Crippen LogP contribution in [0, 0.1) is 0 Å². The number of nitrogens with one attached hydrogen (secondary N) is 1. The fraction of sp³-hybridized carbons (Fsp3) is 0.167. The molecule has 0 amide bonds. The van der Waals surface area contributed by atoms with Crippen LogP contribution < -0.4 is 5.32 Å². The molecule has 0 fully saturated rings. The summed E-state index contributed by atoms with van der Waals surface area (Å²) in [4.78, 5) is 2.09. The third-order valence-electron chi connectivity index (χ3n) is 3.34. The zero-order chi connectivity index (χ0) is 15.1. The molecule has 2 rings (SSSR count). The highest BCUT2D eigenvalue weighted by molar-refractivity contribution is 7.80. The first-order chi connectivity index (χ1) is 10.2. The molecule has 0 aliphatic carbocycles. The highest BCUT2D eigenvalue weighted by atomic mass is 32.1. The van der Waals surface area contributed by atoms with Crippen molar-refractivity contribution in [3.63, 3.8) is 0 Å². The van der Waals surface area contributed by atoms with Gasteiger partial charge in [0.15, 0.2) is 5.11 Å². The maximum Gasteiger partial charge on any atom is 0.169 e. The van der Waals surface area contributed by atoms with Gasteiger partial charge in [0.05, 0.1) is 6.04 Å². The van der Waals surface area contributed by atoms with Crippen molar-refractivity contribution in [2.24, 2.45) is 0 Å². The minimum absolute atomic E-state index is 0.0946. The lowest BCUT2D eigenvalue weighted by Crippen LogP contribution is -2.39. The summed E-state index contributed by atoms with van der Waals surface area (Å²) in [6, 6.07) is 20.9. The molecule has 0 heterocycles. The predicted octanol–water partition coefficient (Wildman–Crippen LogP) is 3.77. The second-order valence-corrected chi connectivity index (χ2v) is 5.20. The molecule has 3 heteroatoms. The average molecular weight is 296 g/mol. The summed E-state index contributed by atoms with van der Waals surface area (Å²) in [5, 5.41) is 3.91. The molecule has 2 aromatic rings. The average Bonchev–Trinajstić information content (AvgIpc) is 2.54. The molecular weight excluding hydrogens is 276 g/mol. The van der Waals surface area contributed by atoms with Crippen LogP contribution in [0.2, 0.25) is 0 Å². The molecule has 0 aliphatic heterocycles. The van der Waals surface area contributed by atoms with Crippen LogP contribution in [0.3, 0.4) is 0 Å². The van der Waals surface area contributed by atoms with E-state index in [-0.39, 0.29) is 6.04 Å². The zero-order valence-electron chi connectivity index (χ0n) is 12.2. The Kier molecular flexibility index (Phi) is 5.52. The Morgan fingerprint density at radius 1 is 1.10 bits per heavy atom. The number of benzene rings is 2. The molecule has 0 spiro atoms. The number of hydrogen-bond acceptors (Lipinski definition) is 1. The maximum absolute atomic E-state index is 5.49. The highest BCUT2D eigenvalue weighted by Gasteiger charge is 2.20. The van der Waals surface area contributed by atoms with Crippen LogP contribution in [0.4, 0.5) is 0 Å². The van der Waals surface area contributed by atoms with Gasteiger partial charge in [-0.15, -0.1) is 6.58 Å². The third-order valence-corrected chi connectivity index (χ3v) is 3.77. The van der Waals surface area contributed by atoms with Crippen molar-refractivity contribution in [3.8, 4) is 0 Å². The van der Waals surface area contributed by atoms with E-state index in [0.717, 1.165) is 0 Å². The normalized spacial score (nSPS) is 10.2. The van der Waals surface area contributed by atoms with Crippen molar-refractivity contribution < 1.29 is 0 Å². The summed E-state index contributed by atoms with van der Waals surface area (Å²) in [5.41, 5.74) is 2.43. The van der Waals surface area contributed by atoms with Gasteiger partial charge in [-0.1, -0.05) is 66.7 Å². The molecule has 2 nitrogen and oxygen atoms in total. The molecular formula is C18H20N2S. The van der Waals surface area contributed by atoms with Gasteiger partial charge in [-0.25, -0.2) is 0 Å². The highest BCUT2D eigenvalue weighted by Crippen LogP contribution is 2.27. The largest absolute Gasteiger partial charge is 0.359 e. The van der Waals surface area contributed by atoms with Crippen molar-refractivity contribution in [3.05, 3.63) is 84.4 Å². The van der Waals surface area contributed by atoms with E-state index in [1.807, 2.05) is 19.2 Å². The van der Waals surface area contributed by atoms with Crippen LogP contribution in [-0.2, 0) is 0 Å². The maximum atomic E-state index is 5.49. The molecule has 1 N–H and O–H groups in total. The van der Waals surface area contributed by atoms with Gasteiger partial charge < -0.3 is 10.2 Å². The molecule has 0 aliphatic rings. The van der Waals surface area contributed by atoms with Gasteiger partial charge in [-0.2, -0.15) is 0 Å². The second-order valence-electron chi connectivity index (χ2n) is 4.81. The van der Waals surface area contributed by atoms with Crippen molar-refractivity contribution in [2.45, 2.75) is 6.04 Å². The summed E-state index contributed by atoms with van der Waals surface area (Å²) in [5.74, 6) is 0. The molecule has 0 atom stereocenters. The van der Waals surface area contributed by atoms with Crippen molar-refractivity contribution >= 4 is 17.3 Å². The summed E-state index contributed by atoms with van der Waals surface area (Å²) < 4.78 is 0. The molecule has 0 bridgehead atoms. The van der Waals surface area contributed by atoms with Crippen LogP contribution >= 0.6 is 12.2 Å². The number of hydrogen-bond donors (Lipinski definition) is 1. The smallest absolute Gasteiger partial charge is 0.169 e. The van der Waals surface area contributed by atoms with Gasteiger partial charge in [0.1, 0.15) is 0 Å². The Bertz CT molecular complexity index is 541. The Hall–Kier alpha value is -2.13.